The third kappa shape index (κ3) is 8.91. The van der Waals surface area contributed by atoms with Crippen LogP contribution >= 0.6 is 0 Å². The Morgan fingerprint density at radius 3 is 2.61 bits per heavy atom. The lowest BCUT2D eigenvalue weighted by atomic mass is 10.1. The third-order valence-electron chi connectivity index (χ3n) is 4.91. The smallest absolute Gasteiger partial charge is 0.267 e. The zero-order valence-electron chi connectivity index (χ0n) is 16.8. The molecule has 0 spiro atoms. The molecule has 2 atom stereocenters. The van der Waals surface area contributed by atoms with E-state index >= 15 is 0 Å². The van der Waals surface area contributed by atoms with Gasteiger partial charge in [-0.05, 0) is 25.7 Å². The Balaban J connectivity index is 2.58. The molecule has 0 amide bonds. The molecule has 0 bridgehead atoms. The number of aliphatic imine (C=N–C) groups is 1. The van der Waals surface area contributed by atoms with Crippen LogP contribution in [0, 0.1) is 0 Å². The lowest BCUT2D eigenvalue weighted by Crippen LogP contribution is -2.59. The van der Waals surface area contributed by atoms with E-state index in [0.29, 0.717) is 25.3 Å². The molecule has 1 heterocycles. The summed E-state index contributed by atoms with van der Waals surface area (Å²) in [6.07, 6.45) is 9.29. The number of hydrogen-bond donors (Lipinski definition) is 3. The highest BCUT2D eigenvalue weighted by molar-refractivity contribution is 7.85. The summed E-state index contributed by atoms with van der Waals surface area (Å²) in [5, 5.41) is 19.5. The van der Waals surface area contributed by atoms with Crippen molar-refractivity contribution in [2.75, 3.05) is 38.5 Å². The van der Waals surface area contributed by atoms with E-state index in [2.05, 4.69) is 24.1 Å². The standard InChI is InChI=1S/C19H34N2O6S/c1-2-3-4-5-6-7-8-9-10-18(24)19-20-11-12-21(19,13-14-22)15-17(23)16-28(25,26)27/h3-4,17,22-23H,2,5-16H2,1H3/p+1/b4-3+. The predicted molar refractivity (Wildman–Crippen MR) is 109 cm³/mol. The summed E-state index contributed by atoms with van der Waals surface area (Å²) in [5.74, 6) is -0.614. The Morgan fingerprint density at radius 1 is 1.25 bits per heavy atom. The number of ketones is 1. The molecule has 28 heavy (non-hydrogen) atoms. The molecule has 1 aliphatic heterocycles. The SMILES string of the molecule is CC/C=C/CCCCCCC(=O)C1=NCC[N+]1(CCO)CC(O)CS(=O)(=O)O. The Morgan fingerprint density at radius 2 is 1.96 bits per heavy atom. The molecule has 8 nitrogen and oxygen atoms in total. The van der Waals surface area contributed by atoms with Crippen molar-refractivity contribution in [1.82, 2.24) is 0 Å². The molecule has 0 saturated carbocycles. The van der Waals surface area contributed by atoms with Gasteiger partial charge < -0.3 is 10.2 Å². The average Bonchev–Trinajstić information content (AvgIpc) is 2.98. The highest BCUT2D eigenvalue weighted by atomic mass is 32.2. The van der Waals surface area contributed by atoms with E-state index < -0.39 is 22.0 Å². The third-order valence-corrected chi connectivity index (χ3v) is 5.71. The molecular formula is C19H35N2O6S+. The molecule has 0 aromatic heterocycles. The van der Waals surface area contributed by atoms with E-state index in [9.17, 15) is 23.4 Å². The summed E-state index contributed by atoms with van der Waals surface area (Å²) in [5.41, 5.74) is 0. The molecule has 0 fully saturated rings. The number of hydrogen-bond acceptors (Lipinski definition) is 6. The largest absolute Gasteiger partial charge is 0.390 e. The van der Waals surface area contributed by atoms with Crippen molar-refractivity contribution in [3.05, 3.63) is 12.2 Å². The van der Waals surface area contributed by atoms with Gasteiger partial charge >= 0.3 is 0 Å². The fraction of sp³-hybridized carbons (Fsp3) is 0.789. The van der Waals surface area contributed by atoms with Gasteiger partial charge in [0.05, 0.1) is 13.2 Å². The molecule has 3 N–H and O–H groups in total. The number of amidine groups is 1. The first-order valence-electron chi connectivity index (χ1n) is 10.1. The normalized spacial score (nSPS) is 21.2. The monoisotopic (exact) mass is 419 g/mol. The Hall–Kier alpha value is -1.13. The van der Waals surface area contributed by atoms with Crippen LogP contribution in [0.25, 0.3) is 0 Å². The minimum Gasteiger partial charge on any atom is -0.390 e. The predicted octanol–water partition coefficient (Wildman–Crippen LogP) is 1.33. The van der Waals surface area contributed by atoms with E-state index in [1.165, 1.54) is 0 Å². The van der Waals surface area contributed by atoms with Crippen LogP contribution in [0.2, 0.25) is 0 Å². The first kappa shape index (κ1) is 24.9. The van der Waals surface area contributed by atoms with Crippen molar-refractivity contribution < 1.29 is 32.5 Å². The maximum absolute atomic E-state index is 12.7. The van der Waals surface area contributed by atoms with Crippen LogP contribution in [0.5, 0.6) is 0 Å². The van der Waals surface area contributed by atoms with E-state index in [4.69, 9.17) is 4.55 Å². The zero-order valence-corrected chi connectivity index (χ0v) is 17.6. The fourth-order valence-corrected chi connectivity index (χ4v) is 4.22. The number of nitrogens with zero attached hydrogens (tertiary/aromatic N) is 2. The number of aliphatic hydroxyl groups excluding tert-OH is 2. The van der Waals surface area contributed by atoms with Gasteiger partial charge in [-0.3, -0.25) is 13.8 Å². The fourth-order valence-electron chi connectivity index (χ4n) is 3.63. The molecule has 0 aromatic carbocycles. The van der Waals surface area contributed by atoms with Crippen molar-refractivity contribution in [2.24, 2.45) is 4.99 Å². The minimum absolute atomic E-state index is 0.0339. The summed E-state index contributed by atoms with van der Waals surface area (Å²) in [6.45, 7) is 2.81. The highest BCUT2D eigenvalue weighted by Gasteiger charge is 2.43. The summed E-state index contributed by atoms with van der Waals surface area (Å²) in [6, 6.07) is 0. The van der Waals surface area contributed by atoms with Gasteiger partial charge in [0, 0.05) is 6.42 Å². The topological polar surface area (TPSA) is 124 Å². The Bertz CT molecular complexity index is 647. The van der Waals surface area contributed by atoms with Gasteiger partial charge in [0.1, 0.15) is 31.5 Å². The second-order valence-electron chi connectivity index (χ2n) is 7.36. The number of rotatable bonds is 15. The van der Waals surface area contributed by atoms with Gasteiger partial charge in [0.15, 0.2) is 0 Å². The molecule has 2 unspecified atom stereocenters. The lowest BCUT2D eigenvalue weighted by Gasteiger charge is -2.34. The van der Waals surface area contributed by atoms with Gasteiger partial charge in [-0.15, -0.1) is 0 Å². The van der Waals surface area contributed by atoms with Crippen LogP contribution in [0.15, 0.2) is 17.1 Å². The van der Waals surface area contributed by atoms with Crippen LogP contribution in [-0.4, -0.2) is 83.9 Å². The lowest BCUT2D eigenvalue weighted by molar-refractivity contribution is -0.837. The van der Waals surface area contributed by atoms with E-state index in [-0.39, 0.29) is 30.0 Å². The van der Waals surface area contributed by atoms with Crippen molar-refractivity contribution >= 4 is 21.7 Å². The van der Waals surface area contributed by atoms with E-state index in [0.717, 1.165) is 38.5 Å². The van der Waals surface area contributed by atoms with Gasteiger partial charge in [0.2, 0.25) is 5.78 Å². The van der Waals surface area contributed by atoms with Crippen molar-refractivity contribution in [2.45, 2.75) is 58.0 Å². The number of carbonyl (C=O) groups excluding carboxylic acids is 1. The average molecular weight is 420 g/mol. The maximum atomic E-state index is 12.7. The summed E-state index contributed by atoms with van der Waals surface area (Å²) in [7, 11) is -4.33. The van der Waals surface area contributed by atoms with Crippen molar-refractivity contribution in [3.8, 4) is 0 Å². The molecule has 0 aromatic rings. The maximum Gasteiger partial charge on any atom is 0.267 e. The number of Topliss-reactive ketones (excluding diaryl/α,β-unsaturated/α-hetero) is 1. The molecule has 1 rings (SSSR count). The number of carbonyl (C=O) groups is 1. The number of quaternary nitrogens is 1. The van der Waals surface area contributed by atoms with E-state index in [1.54, 1.807) is 0 Å². The van der Waals surface area contributed by atoms with Gasteiger partial charge in [-0.1, -0.05) is 31.9 Å². The van der Waals surface area contributed by atoms with Crippen LogP contribution in [0.4, 0.5) is 0 Å². The molecule has 162 valence electrons. The van der Waals surface area contributed by atoms with Crippen LogP contribution in [-0.2, 0) is 14.9 Å². The first-order chi connectivity index (χ1) is 13.2. The molecule has 0 radical (unpaired) electrons. The molecule has 0 saturated heterocycles. The van der Waals surface area contributed by atoms with E-state index in [1.807, 2.05) is 0 Å². The molecule has 0 aliphatic carbocycles. The van der Waals surface area contributed by atoms with Crippen LogP contribution in [0.1, 0.15) is 51.9 Å². The van der Waals surface area contributed by atoms with Gasteiger partial charge in [0.25, 0.3) is 16.0 Å². The van der Waals surface area contributed by atoms with Crippen LogP contribution in [0.3, 0.4) is 0 Å². The summed E-state index contributed by atoms with van der Waals surface area (Å²) in [4.78, 5) is 17.0. The quantitative estimate of drug-likeness (QED) is 0.159. The number of unbranched alkanes of at least 4 members (excludes halogenated alkanes) is 4. The number of allylic oxidation sites excluding steroid dienone is 2. The van der Waals surface area contributed by atoms with Crippen molar-refractivity contribution in [3.63, 3.8) is 0 Å². The summed E-state index contributed by atoms with van der Waals surface area (Å²) < 4.78 is 30.9. The highest BCUT2D eigenvalue weighted by Crippen LogP contribution is 2.20. The van der Waals surface area contributed by atoms with Crippen LogP contribution < -0.4 is 0 Å². The minimum atomic E-state index is -4.33. The zero-order chi connectivity index (χ0) is 21.0. The Labute approximate surface area is 168 Å². The van der Waals surface area contributed by atoms with Crippen molar-refractivity contribution in [1.29, 1.82) is 0 Å². The second kappa shape index (κ2) is 12.4. The molecule has 1 aliphatic rings. The summed E-state index contributed by atoms with van der Waals surface area (Å²) >= 11 is 0. The molecular weight excluding hydrogens is 384 g/mol. The van der Waals surface area contributed by atoms with Gasteiger partial charge in [-0.25, -0.2) is 4.99 Å². The Kier molecular flexibility index (Phi) is 11.1. The molecule has 9 heteroatoms. The van der Waals surface area contributed by atoms with Gasteiger partial charge in [-0.2, -0.15) is 8.42 Å². The number of aliphatic hydroxyl groups is 2. The second-order valence-corrected chi connectivity index (χ2v) is 8.86. The first-order valence-corrected chi connectivity index (χ1v) is 11.7.